The highest BCUT2D eigenvalue weighted by molar-refractivity contribution is 7.09. The molecule has 0 spiro atoms. The van der Waals surface area contributed by atoms with Crippen LogP contribution in [0, 0.1) is 0 Å². The van der Waals surface area contributed by atoms with Crippen molar-refractivity contribution >= 4 is 11.3 Å². The molecular weight excluding hydrogens is 232 g/mol. The van der Waals surface area contributed by atoms with Crippen LogP contribution in [0.3, 0.4) is 0 Å². The van der Waals surface area contributed by atoms with Crippen molar-refractivity contribution in [3.8, 4) is 0 Å². The molecule has 0 saturated heterocycles. The highest BCUT2D eigenvalue weighted by Gasteiger charge is 2.21. The van der Waals surface area contributed by atoms with Crippen LogP contribution in [0.5, 0.6) is 0 Å². The Morgan fingerprint density at radius 1 is 1.47 bits per heavy atom. The van der Waals surface area contributed by atoms with Crippen LogP contribution in [0.4, 0.5) is 0 Å². The zero-order valence-corrected chi connectivity index (χ0v) is 12.3. The number of thiazole rings is 1. The van der Waals surface area contributed by atoms with Gasteiger partial charge in [0.05, 0.1) is 23.4 Å². The lowest BCUT2D eigenvalue weighted by Gasteiger charge is -2.19. The van der Waals surface area contributed by atoms with Crippen molar-refractivity contribution < 1.29 is 5.11 Å². The maximum Gasteiger partial charge on any atom is 0.0982 e. The van der Waals surface area contributed by atoms with E-state index in [4.69, 9.17) is 0 Å². The fourth-order valence-corrected chi connectivity index (χ4v) is 2.44. The van der Waals surface area contributed by atoms with Gasteiger partial charge in [0.25, 0.3) is 0 Å². The molecule has 0 aliphatic rings. The third kappa shape index (κ3) is 4.05. The second-order valence-electron chi connectivity index (χ2n) is 5.54. The van der Waals surface area contributed by atoms with Gasteiger partial charge in [-0.15, -0.1) is 11.3 Å². The first kappa shape index (κ1) is 14.6. The van der Waals surface area contributed by atoms with Crippen molar-refractivity contribution in [2.24, 2.45) is 0 Å². The molecule has 0 bridgehead atoms. The Balaban J connectivity index is 2.79. The molecule has 0 aromatic carbocycles. The number of nitrogens with one attached hydrogen (secondary N) is 1. The minimum Gasteiger partial charge on any atom is -0.394 e. The summed E-state index contributed by atoms with van der Waals surface area (Å²) in [5.74, 6) is 0. The summed E-state index contributed by atoms with van der Waals surface area (Å²) in [5.41, 5.74) is 1.04. The average molecular weight is 256 g/mol. The van der Waals surface area contributed by atoms with Crippen molar-refractivity contribution in [3.05, 3.63) is 16.1 Å². The van der Waals surface area contributed by atoms with E-state index in [1.807, 2.05) is 0 Å². The van der Waals surface area contributed by atoms with Crippen molar-refractivity contribution in [2.75, 3.05) is 6.61 Å². The fourth-order valence-electron chi connectivity index (χ4n) is 1.48. The quantitative estimate of drug-likeness (QED) is 0.851. The maximum atomic E-state index is 9.44. The van der Waals surface area contributed by atoms with E-state index in [1.165, 1.54) is 0 Å². The number of nitrogens with zero attached hydrogens (tertiary/aromatic N) is 1. The van der Waals surface area contributed by atoms with E-state index < -0.39 is 0 Å². The molecule has 0 saturated carbocycles. The molecule has 0 fully saturated rings. The molecule has 2 atom stereocenters. The Labute approximate surface area is 108 Å². The number of hydrogen-bond donors (Lipinski definition) is 2. The van der Waals surface area contributed by atoms with E-state index in [0.29, 0.717) is 6.04 Å². The van der Waals surface area contributed by atoms with E-state index in [0.717, 1.165) is 17.1 Å². The van der Waals surface area contributed by atoms with E-state index in [-0.39, 0.29) is 18.1 Å². The van der Waals surface area contributed by atoms with Gasteiger partial charge in [0.1, 0.15) is 0 Å². The van der Waals surface area contributed by atoms with E-state index in [2.05, 4.69) is 50.3 Å². The Morgan fingerprint density at radius 2 is 2.12 bits per heavy atom. The highest BCUT2D eigenvalue weighted by atomic mass is 32.1. The third-order valence-corrected chi connectivity index (χ3v) is 4.09. The van der Waals surface area contributed by atoms with Crippen LogP contribution in [0.25, 0.3) is 0 Å². The van der Waals surface area contributed by atoms with E-state index >= 15 is 0 Å². The monoisotopic (exact) mass is 256 g/mol. The molecular formula is C13H24N2OS. The standard InChI is InChI=1S/C13H24N2OS/c1-6-9(2)14-10(7-16)11-8-17-12(15-11)13(3,4)5/h8-10,14,16H,6-7H2,1-5H3. The van der Waals surface area contributed by atoms with Gasteiger partial charge in [0.15, 0.2) is 0 Å². The summed E-state index contributed by atoms with van der Waals surface area (Å²) >= 11 is 1.67. The molecule has 1 aromatic heterocycles. The summed E-state index contributed by atoms with van der Waals surface area (Å²) in [6.07, 6.45) is 1.05. The Morgan fingerprint density at radius 3 is 2.53 bits per heavy atom. The number of hydrogen-bond acceptors (Lipinski definition) is 4. The number of aliphatic hydroxyl groups excluding tert-OH is 1. The summed E-state index contributed by atoms with van der Waals surface area (Å²) in [5, 5.41) is 16.0. The van der Waals surface area contributed by atoms with Crippen LogP contribution in [-0.4, -0.2) is 22.7 Å². The largest absolute Gasteiger partial charge is 0.394 e. The SMILES string of the molecule is CCC(C)NC(CO)c1csc(C(C)(C)C)n1. The second-order valence-corrected chi connectivity index (χ2v) is 6.40. The molecule has 1 heterocycles. The van der Waals surface area contributed by atoms with Gasteiger partial charge in [-0.3, -0.25) is 0 Å². The van der Waals surface area contributed by atoms with Crippen LogP contribution in [0.1, 0.15) is 57.8 Å². The third-order valence-electron chi connectivity index (χ3n) is 2.80. The normalized spacial score (nSPS) is 15.9. The molecule has 98 valence electrons. The van der Waals surface area contributed by atoms with Crippen LogP contribution >= 0.6 is 11.3 Å². The second kappa shape index (κ2) is 5.94. The average Bonchev–Trinajstić information content (AvgIpc) is 2.74. The van der Waals surface area contributed by atoms with Gasteiger partial charge in [-0.1, -0.05) is 27.7 Å². The van der Waals surface area contributed by atoms with Crippen LogP contribution in [-0.2, 0) is 5.41 Å². The highest BCUT2D eigenvalue weighted by Crippen LogP contribution is 2.27. The maximum absolute atomic E-state index is 9.44. The van der Waals surface area contributed by atoms with Crippen molar-refractivity contribution in [3.63, 3.8) is 0 Å². The van der Waals surface area contributed by atoms with Gasteiger partial charge >= 0.3 is 0 Å². The van der Waals surface area contributed by atoms with Gasteiger partial charge in [-0.25, -0.2) is 4.98 Å². The summed E-state index contributed by atoms with van der Waals surface area (Å²) < 4.78 is 0. The van der Waals surface area contributed by atoms with E-state index in [1.54, 1.807) is 11.3 Å². The molecule has 1 rings (SSSR count). The van der Waals surface area contributed by atoms with Crippen LogP contribution in [0.2, 0.25) is 0 Å². The van der Waals surface area contributed by atoms with Gasteiger partial charge < -0.3 is 10.4 Å². The predicted molar refractivity (Wildman–Crippen MR) is 73.5 cm³/mol. The molecule has 0 aliphatic carbocycles. The molecule has 2 N–H and O–H groups in total. The smallest absolute Gasteiger partial charge is 0.0982 e. The van der Waals surface area contributed by atoms with Crippen LogP contribution < -0.4 is 5.32 Å². The van der Waals surface area contributed by atoms with Crippen LogP contribution in [0.15, 0.2) is 5.38 Å². The Kier molecular flexibility index (Phi) is 5.10. The molecule has 3 nitrogen and oxygen atoms in total. The molecule has 2 unspecified atom stereocenters. The number of aliphatic hydroxyl groups is 1. The van der Waals surface area contributed by atoms with Gasteiger partial charge in [0.2, 0.25) is 0 Å². The zero-order chi connectivity index (χ0) is 13.1. The molecule has 17 heavy (non-hydrogen) atoms. The van der Waals surface area contributed by atoms with E-state index in [9.17, 15) is 5.11 Å². The molecule has 0 aliphatic heterocycles. The van der Waals surface area contributed by atoms with Gasteiger partial charge in [-0.2, -0.15) is 0 Å². The summed E-state index contributed by atoms with van der Waals surface area (Å²) in [6, 6.07) is 0.351. The lowest BCUT2D eigenvalue weighted by Crippen LogP contribution is -2.32. The molecule has 0 amide bonds. The number of rotatable bonds is 5. The predicted octanol–water partition coefficient (Wildman–Crippen LogP) is 2.86. The first-order valence-electron chi connectivity index (χ1n) is 6.21. The summed E-state index contributed by atoms with van der Waals surface area (Å²) in [6.45, 7) is 10.8. The molecule has 1 aromatic rings. The summed E-state index contributed by atoms with van der Waals surface area (Å²) in [4.78, 5) is 4.64. The van der Waals surface area contributed by atoms with Crippen molar-refractivity contribution in [1.29, 1.82) is 0 Å². The molecule has 4 heteroatoms. The Hall–Kier alpha value is -0.450. The minimum atomic E-state index is -0.0442. The first-order chi connectivity index (χ1) is 7.88. The van der Waals surface area contributed by atoms with Gasteiger partial charge in [0, 0.05) is 16.8 Å². The minimum absolute atomic E-state index is 0.0442. The zero-order valence-electron chi connectivity index (χ0n) is 11.4. The topological polar surface area (TPSA) is 45.1 Å². The van der Waals surface area contributed by atoms with Gasteiger partial charge in [-0.05, 0) is 13.3 Å². The van der Waals surface area contributed by atoms with Crippen molar-refractivity contribution in [2.45, 2.75) is 58.5 Å². The Bertz CT molecular complexity index is 343. The molecule has 0 radical (unpaired) electrons. The first-order valence-corrected chi connectivity index (χ1v) is 7.09. The lowest BCUT2D eigenvalue weighted by molar-refractivity contribution is 0.231. The van der Waals surface area contributed by atoms with Crippen molar-refractivity contribution in [1.82, 2.24) is 10.3 Å². The number of aromatic nitrogens is 1. The fraction of sp³-hybridized carbons (Fsp3) is 0.769. The summed E-state index contributed by atoms with van der Waals surface area (Å²) in [7, 11) is 0. The lowest BCUT2D eigenvalue weighted by atomic mass is 9.98.